The Morgan fingerprint density at radius 3 is 2.62 bits per heavy atom. The lowest BCUT2D eigenvalue weighted by Crippen LogP contribution is -2.51. The predicted molar refractivity (Wildman–Crippen MR) is 76.3 cm³/mol. The van der Waals surface area contributed by atoms with Crippen LogP contribution in [0.15, 0.2) is 0 Å². The van der Waals surface area contributed by atoms with Crippen molar-refractivity contribution in [1.82, 2.24) is 10.2 Å². The number of alkyl halides is 3. The molecule has 0 bridgehead atoms. The average molecular weight is 308 g/mol. The van der Waals surface area contributed by atoms with E-state index in [0.29, 0.717) is 13.2 Å². The van der Waals surface area contributed by atoms with Crippen LogP contribution in [0.1, 0.15) is 39.0 Å². The van der Waals surface area contributed by atoms with Gasteiger partial charge in [0.25, 0.3) is 0 Å². The molecule has 1 unspecified atom stereocenters. The van der Waals surface area contributed by atoms with E-state index in [4.69, 9.17) is 4.74 Å². The zero-order chi connectivity index (χ0) is 15.3. The summed E-state index contributed by atoms with van der Waals surface area (Å²) < 4.78 is 44.0. The van der Waals surface area contributed by atoms with Crippen molar-refractivity contribution >= 4 is 0 Å². The summed E-state index contributed by atoms with van der Waals surface area (Å²) in [6.45, 7) is 4.77. The van der Waals surface area contributed by atoms with Gasteiger partial charge in [-0.2, -0.15) is 13.2 Å². The first kappa shape index (κ1) is 17.0. The molecule has 1 N–H and O–H groups in total. The van der Waals surface area contributed by atoms with Gasteiger partial charge in [0.15, 0.2) is 0 Å². The van der Waals surface area contributed by atoms with Gasteiger partial charge in [0, 0.05) is 31.2 Å². The van der Waals surface area contributed by atoms with Gasteiger partial charge in [-0.05, 0) is 38.6 Å². The standard InChI is InChI=1S/C15H27F3N2O/c1-2-7-19-9-14(6-3-8-21-12-14)10-20(13-4-5-13)11-15(16,17)18/h13,19H,2-12H2,1H3. The second kappa shape index (κ2) is 7.29. The minimum atomic E-state index is -4.11. The van der Waals surface area contributed by atoms with Gasteiger partial charge in [-0.3, -0.25) is 4.90 Å². The first-order chi connectivity index (χ1) is 9.94. The Bertz CT molecular complexity index is 313. The molecule has 3 nitrogen and oxygen atoms in total. The predicted octanol–water partition coefficient (Wildman–Crippen LogP) is 2.81. The lowest BCUT2D eigenvalue weighted by molar-refractivity contribution is -0.153. The molecule has 2 rings (SSSR count). The van der Waals surface area contributed by atoms with Gasteiger partial charge < -0.3 is 10.1 Å². The highest BCUT2D eigenvalue weighted by atomic mass is 19.4. The van der Waals surface area contributed by atoms with Crippen LogP contribution in [0.2, 0.25) is 0 Å². The Kier molecular flexibility index (Phi) is 5.91. The summed E-state index contributed by atoms with van der Waals surface area (Å²) in [5, 5.41) is 3.39. The number of hydrogen-bond acceptors (Lipinski definition) is 3. The number of halogens is 3. The van der Waals surface area contributed by atoms with Crippen molar-refractivity contribution in [3.8, 4) is 0 Å². The summed E-state index contributed by atoms with van der Waals surface area (Å²) in [6, 6.07) is 0.122. The quantitative estimate of drug-likeness (QED) is 0.698. The Morgan fingerprint density at radius 1 is 1.33 bits per heavy atom. The monoisotopic (exact) mass is 308 g/mol. The fourth-order valence-electron chi connectivity index (χ4n) is 3.18. The molecule has 21 heavy (non-hydrogen) atoms. The second-order valence-corrected chi connectivity index (χ2v) is 6.58. The van der Waals surface area contributed by atoms with E-state index in [1.807, 2.05) is 0 Å². The second-order valence-electron chi connectivity index (χ2n) is 6.58. The zero-order valence-corrected chi connectivity index (χ0v) is 12.8. The molecule has 0 aromatic heterocycles. The fourth-order valence-corrected chi connectivity index (χ4v) is 3.18. The van der Waals surface area contributed by atoms with Crippen LogP contribution in [-0.4, -0.2) is 56.5 Å². The number of ether oxygens (including phenoxy) is 1. The summed E-state index contributed by atoms with van der Waals surface area (Å²) in [6.07, 6.45) is 0.607. The van der Waals surface area contributed by atoms with Crippen LogP contribution in [0.3, 0.4) is 0 Å². The molecule has 124 valence electrons. The number of rotatable bonds is 8. The van der Waals surface area contributed by atoms with Crippen LogP contribution >= 0.6 is 0 Å². The Hall–Kier alpha value is -0.330. The van der Waals surface area contributed by atoms with Crippen LogP contribution in [0.4, 0.5) is 13.2 Å². The normalized spacial score (nSPS) is 27.3. The van der Waals surface area contributed by atoms with Gasteiger partial charge >= 0.3 is 6.18 Å². The van der Waals surface area contributed by atoms with E-state index in [0.717, 1.165) is 51.8 Å². The van der Waals surface area contributed by atoms with Crippen molar-refractivity contribution in [3.05, 3.63) is 0 Å². The topological polar surface area (TPSA) is 24.5 Å². The van der Waals surface area contributed by atoms with E-state index in [9.17, 15) is 13.2 Å². The molecule has 1 aliphatic carbocycles. The molecule has 0 radical (unpaired) electrons. The molecule has 2 aliphatic rings. The molecule has 1 saturated heterocycles. The van der Waals surface area contributed by atoms with E-state index in [1.165, 1.54) is 0 Å². The van der Waals surface area contributed by atoms with Crippen LogP contribution in [0, 0.1) is 5.41 Å². The molecule has 1 aliphatic heterocycles. The Balaban J connectivity index is 1.97. The first-order valence-corrected chi connectivity index (χ1v) is 8.03. The zero-order valence-electron chi connectivity index (χ0n) is 12.8. The van der Waals surface area contributed by atoms with Crippen molar-refractivity contribution in [2.75, 3.05) is 39.4 Å². The van der Waals surface area contributed by atoms with Gasteiger partial charge in [0.2, 0.25) is 0 Å². The summed E-state index contributed by atoms with van der Waals surface area (Å²) >= 11 is 0. The van der Waals surface area contributed by atoms with Crippen molar-refractivity contribution in [1.29, 1.82) is 0 Å². The summed E-state index contributed by atoms with van der Waals surface area (Å²) in [5.41, 5.74) is -0.165. The van der Waals surface area contributed by atoms with Crippen molar-refractivity contribution < 1.29 is 17.9 Å². The minimum Gasteiger partial charge on any atom is -0.381 e. The highest BCUT2D eigenvalue weighted by Crippen LogP contribution is 2.36. The van der Waals surface area contributed by atoms with Gasteiger partial charge in [0.05, 0.1) is 13.2 Å². The average Bonchev–Trinajstić information content (AvgIpc) is 3.22. The molecule has 6 heteroatoms. The number of nitrogens with one attached hydrogen (secondary N) is 1. The Morgan fingerprint density at radius 2 is 2.10 bits per heavy atom. The molecule has 0 amide bonds. The molecule has 0 aromatic rings. The molecule has 1 atom stereocenters. The smallest absolute Gasteiger partial charge is 0.381 e. The lowest BCUT2D eigenvalue weighted by Gasteiger charge is -2.41. The number of nitrogens with zero attached hydrogens (tertiary/aromatic N) is 1. The summed E-state index contributed by atoms with van der Waals surface area (Å²) in [7, 11) is 0. The maximum atomic E-state index is 12.8. The van der Waals surface area contributed by atoms with Crippen LogP contribution < -0.4 is 5.32 Å². The first-order valence-electron chi connectivity index (χ1n) is 8.03. The van der Waals surface area contributed by atoms with E-state index in [-0.39, 0.29) is 11.5 Å². The molecular formula is C15H27F3N2O. The SMILES string of the molecule is CCCNCC1(CN(CC(F)(F)F)C2CC2)CCCOC1. The summed E-state index contributed by atoms with van der Waals surface area (Å²) in [5.74, 6) is 0. The van der Waals surface area contributed by atoms with Gasteiger partial charge in [-0.1, -0.05) is 6.92 Å². The van der Waals surface area contributed by atoms with Crippen LogP contribution in [0.5, 0.6) is 0 Å². The minimum absolute atomic E-state index is 0.122. The van der Waals surface area contributed by atoms with Crippen molar-refractivity contribution in [2.45, 2.75) is 51.2 Å². The van der Waals surface area contributed by atoms with Crippen LogP contribution in [-0.2, 0) is 4.74 Å². The van der Waals surface area contributed by atoms with E-state index in [2.05, 4.69) is 12.2 Å². The largest absolute Gasteiger partial charge is 0.401 e. The number of hydrogen-bond donors (Lipinski definition) is 1. The molecular weight excluding hydrogens is 281 g/mol. The van der Waals surface area contributed by atoms with Crippen molar-refractivity contribution in [3.63, 3.8) is 0 Å². The third-order valence-corrected chi connectivity index (χ3v) is 4.31. The molecule has 1 heterocycles. The van der Waals surface area contributed by atoms with Gasteiger partial charge in [0.1, 0.15) is 0 Å². The van der Waals surface area contributed by atoms with Crippen molar-refractivity contribution in [2.24, 2.45) is 5.41 Å². The lowest BCUT2D eigenvalue weighted by atomic mass is 9.81. The van der Waals surface area contributed by atoms with Crippen LogP contribution in [0.25, 0.3) is 0 Å². The molecule has 0 aromatic carbocycles. The van der Waals surface area contributed by atoms with E-state index >= 15 is 0 Å². The highest BCUT2D eigenvalue weighted by Gasteiger charge is 2.43. The molecule has 0 spiro atoms. The highest BCUT2D eigenvalue weighted by molar-refractivity contribution is 4.93. The Labute approximate surface area is 125 Å². The summed E-state index contributed by atoms with van der Waals surface area (Å²) in [4.78, 5) is 1.64. The maximum Gasteiger partial charge on any atom is 0.401 e. The van der Waals surface area contributed by atoms with E-state index in [1.54, 1.807) is 4.90 Å². The van der Waals surface area contributed by atoms with Gasteiger partial charge in [-0.15, -0.1) is 0 Å². The van der Waals surface area contributed by atoms with Gasteiger partial charge in [-0.25, -0.2) is 0 Å². The third kappa shape index (κ3) is 5.75. The fraction of sp³-hybridized carbons (Fsp3) is 1.00. The molecule has 1 saturated carbocycles. The maximum absolute atomic E-state index is 12.8. The molecule has 2 fully saturated rings. The van der Waals surface area contributed by atoms with E-state index < -0.39 is 12.7 Å². The third-order valence-electron chi connectivity index (χ3n) is 4.31.